The summed E-state index contributed by atoms with van der Waals surface area (Å²) >= 11 is 5.14. The van der Waals surface area contributed by atoms with Crippen LogP contribution in [0.3, 0.4) is 0 Å². The number of nitrogens with two attached hydrogens (primary N) is 1. The van der Waals surface area contributed by atoms with Crippen LogP contribution >= 0.6 is 27.3 Å². The average molecular weight is 340 g/mol. The topological polar surface area (TPSA) is 35.2 Å². The number of para-hydroxylation sites is 1. The van der Waals surface area contributed by atoms with Gasteiger partial charge >= 0.3 is 0 Å². The van der Waals surface area contributed by atoms with E-state index >= 15 is 0 Å². The zero-order chi connectivity index (χ0) is 13.8. The predicted octanol–water partition coefficient (Wildman–Crippen LogP) is 4.54. The normalized spacial score (nSPS) is 14.1. The fraction of sp³-hybridized carbons (Fsp3) is 0.333. The van der Waals surface area contributed by atoms with E-state index in [0.717, 1.165) is 21.5 Å². The zero-order valence-electron chi connectivity index (χ0n) is 11.1. The number of hydrogen-bond acceptors (Lipinski definition) is 3. The van der Waals surface area contributed by atoms with Gasteiger partial charge < -0.3 is 10.5 Å². The molecule has 1 heterocycles. The molecular weight excluding hydrogens is 322 g/mol. The minimum Gasteiger partial charge on any atom is -0.483 e. The molecule has 0 fully saturated rings. The van der Waals surface area contributed by atoms with E-state index < -0.39 is 0 Å². The van der Waals surface area contributed by atoms with Crippen molar-refractivity contribution in [3.63, 3.8) is 0 Å². The third-order valence-electron chi connectivity index (χ3n) is 2.95. The Morgan fingerprint density at radius 1 is 1.37 bits per heavy atom. The van der Waals surface area contributed by atoms with Crippen LogP contribution in [0.4, 0.5) is 0 Å². The quantitative estimate of drug-likeness (QED) is 0.867. The van der Waals surface area contributed by atoms with Gasteiger partial charge in [0.25, 0.3) is 0 Å². The molecule has 2 N–H and O–H groups in total. The highest BCUT2D eigenvalue weighted by atomic mass is 79.9. The summed E-state index contributed by atoms with van der Waals surface area (Å²) in [6.07, 6.45) is 0.847. The Bertz CT molecular complexity index is 538. The van der Waals surface area contributed by atoms with Crippen molar-refractivity contribution >= 4 is 27.3 Å². The number of benzene rings is 1. The van der Waals surface area contributed by atoms with Crippen LogP contribution in [0.1, 0.15) is 30.4 Å². The minimum absolute atomic E-state index is 0.0598. The Labute approximate surface area is 126 Å². The fourth-order valence-corrected chi connectivity index (χ4v) is 3.54. The number of thiophene rings is 1. The van der Waals surface area contributed by atoms with E-state index in [2.05, 4.69) is 40.4 Å². The molecule has 4 heteroatoms. The highest BCUT2D eigenvalue weighted by Gasteiger charge is 2.21. The molecule has 19 heavy (non-hydrogen) atoms. The Kier molecular flexibility index (Phi) is 5.02. The molecule has 2 nitrogen and oxygen atoms in total. The van der Waals surface area contributed by atoms with Gasteiger partial charge in [-0.3, -0.25) is 0 Å². The van der Waals surface area contributed by atoms with Gasteiger partial charge in [-0.1, -0.05) is 25.1 Å². The molecule has 1 aromatic carbocycles. The van der Waals surface area contributed by atoms with Crippen LogP contribution in [-0.4, -0.2) is 6.04 Å². The summed E-state index contributed by atoms with van der Waals surface area (Å²) in [6, 6.07) is 10.2. The molecule has 0 aliphatic rings. The molecule has 1 aromatic heterocycles. The van der Waals surface area contributed by atoms with Crippen molar-refractivity contribution in [1.82, 2.24) is 0 Å². The number of aryl methyl sites for hydroxylation is 1. The smallest absolute Gasteiger partial charge is 0.148 e. The van der Waals surface area contributed by atoms with Crippen molar-refractivity contribution in [2.75, 3.05) is 0 Å². The maximum Gasteiger partial charge on any atom is 0.148 e. The van der Waals surface area contributed by atoms with Crippen molar-refractivity contribution in [3.05, 3.63) is 50.6 Å². The zero-order valence-corrected chi connectivity index (χ0v) is 13.5. The second-order valence-corrected chi connectivity index (χ2v) is 6.38. The lowest BCUT2D eigenvalue weighted by Crippen LogP contribution is -2.28. The van der Waals surface area contributed by atoms with E-state index in [-0.39, 0.29) is 12.1 Å². The molecule has 0 bridgehead atoms. The minimum atomic E-state index is -0.107. The first kappa shape index (κ1) is 14.6. The van der Waals surface area contributed by atoms with Gasteiger partial charge in [0.1, 0.15) is 11.9 Å². The second kappa shape index (κ2) is 6.55. The van der Waals surface area contributed by atoms with Crippen LogP contribution in [0.2, 0.25) is 0 Å². The lowest BCUT2D eigenvalue weighted by molar-refractivity contribution is 0.182. The summed E-state index contributed by atoms with van der Waals surface area (Å²) in [5, 5.41) is 2.06. The Morgan fingerprint density at radius 2 is 2.11 bits per heavy atom. The fourth-order valence-electron chi connectivity index (χ4n) is 1.95. The van der Waals surface area contributed by atoms with E-state index in [1.165, 1.54) is 5.56 Å². The summed E-state index contributed by atoms with van der Waals surface area (Å²) in [4.78, 5) is 1.15. The number of rotatable bonds is 5. The summed E-state index contributed by atoms with van der Waals surface area (Å²) in [5.74, 6) is 0.928. The number of hydrogen-bond donors (Lipinski definition) is 1. The lowest BCUT2D eigenvalue weighted by atomic mass is 10.1. The molecule has 0 saturated heterocycles. The van der Waals surface area contributed by atoms with Gasteiger partial charge in [0.15, 0.2) is 0 Å². The molecule has 2 atom stereocenters. The van der Waals surface area contributed by atoms with Crippen molar-refractivity contribution in [2.24, 2.45) is 5.73 Å². The summed E-state index contributed by atoms with van der Waals surface area (Å²) < 4.78 is 7.24. The first-order valence-corrected chi connectivity index (χ1v) is 8.03. The maximum absolute atomic E-state index is 6.16. The van der Waals surface area contributed by atoms with Crippen LogP contribution in [-0.2, 0) is 6.42 Å². The molecule has 0 aliphatic heterocycles. The Hall–Kier alpha value is -0.840. The highest BCUT2D eigenvalue weighted by molar-refractivity contribution is 9.10. The standard InChI is InChI=1S/C15H18BrNOS/c1-3-11-6-4-5-7-13(11)18-15(10(2)17)14-8-12(16)9-19-14/h4-10,15H,3,17H2,1-2H3. The van der Waals surface area contributed by atoms with Gasteiger partial charge in [-0.25, -0.2) is 0 Å². The number of ether oxygens (including phenoxy) is 1. The first-order chi connectivity index (χ1) is 9.11. The van der Waals surface area contributed by atoms with Crippen molar-refractivity contribution in [1.29, 1.82) is 0 Å². The third-order valence-corrected chi connectivity index (χ3v) is 4.71. The molecular formula is C15H18BrNOS. The van der Waals surface area contributed by atoms with E-state index in [9.17, 15) is 0 Å². The highest BCUT2D eigenvalue weighted by Crippen LogP contribution is 2.32. The maximum atomic E-state index is 6.16. The van der Waals surface area contributed by atoms with Crippen molar-refractivity contribution in [2.45, 2.75) is 32.4 Å². The van der Waals surface area contributed by atoms with Crippen LogP contribution in [0.15, 0.2) is 40.2 Å². The van der Waals surface area contributed by atoms with Gasteiger partial charge in [0.2, 0.25) is 0 Å². The van der Waals surface area contributed by atoms with Gasteiger partial charge in [-0.2, -0.15) is 0 Å². The monoisotopic (exact) mass is 339 g/mol. The van der Waals surface area contributed by atoms with Crippen LogP contribution in [0, 0.1) is 0 Å². The predicted molar refractivity (Wildman–Crippen MR) is 84.9 cm³/mol. The van der Waals surface area contributed by atoms with E-state index in [4.69, 9.17) is 10.5 Å². The van der Waals surface area contributed by atoms with Crippen molar-refractivity contribution < 1.29 is 4.74 Å². The van der Waals surface area contributed by atoms with Gasteiger partial charge in [-0.15, -0.1) is 11.3 Å². The molecule has 0 amide bonds. The molecule has 0 saturated carbocycles. The van der Waals surface area contributed by atoms with Gasteiger partial charge in [0, 0.05) is 20.8 Å². The number of halogens is 1. The van der Waals surface area contributed by atoms with Crippen LogP contribution in [0.5, 0.6) is 5.75 Å². The van der Waals surface area contributed by atoms with Gasteiger partial charge in [-0.05, 0) is 47.0 Å². The lowest BCUT2D eigenvalue weighted by Gasteiger charge is -2.22. The molecule has 2 unspecified atom stereocenters. The summed E-state index contributed by atoms with van der Waals surface area (Å²) in [6.45, 7) is 4.11. The van der Waals surface area contributed by atoms with Crippen LogP contribution in [0.25, 0.3) is 0 Å². The molecule has 0 spiro atoms. The van der Waals surface area contributed by atoms with E-state index in [0.29, 0.717) is 0 Å². The first-order valence-electron chi connectivity index (χ1n) is 6.36. The van der Waals surface area contributed by atoms with E-state index in [1.807, 2.05) is 25.1 Å². The Balaban J connectivity index is 2.26. The second-order valence-electron chi connectivity index (χ2n) is 4.53. The molecule has 0 aliphatic carbocycles. The summed E-state index contributed by atoms with van der Waals surface area (Å²) in [5.41, 5.74) is 7.30. The van der Waals surface area contributed by atoms with E-state index in [1.54, 1.807) is 11.3 Å². The SMILES string of the molecule is CCc1ccccc1OC(c1cc(Br)cs1)C(C)N. The Morgan fingerprint density at radius 3 is 2.68 bits per heavy atom. The van der Waals surface area contributed by atoms with Gasteiger partial charge in [0.05, 0.1) is 0 Å². The third kappa shape index (κ3) is 3.59. The van der Waals surface area contributed by atoms with Crippen LogP contribution < -0.4 is 10.5 Å². The average Bonchev–Trinajstić information content (AvgIpc) is 2.82. The largest absolute Gasteiger partial charge is 0.483 e. The molecule has 0 radical (unpaired) electrons. The molecule has 102 valence electrons. The molecule has 2 rings (SSSR count). The summed E-state index contributed by atoms with van der Waals surface area (Å²) in [7, 11) is 0. The molecule has 2 aromatic rings. The van der Waals surface area contributed by atoms with Crippen molar-refractivity contribution in [3.8, 4) is 5.75 Å².